The third-order valence-corrected chi connectivity index (χ3v) is 2.50. The second-order valence-electron chi connectivity index (χ2n) is 3.89. The number of hydrogen-bond donors (Lipinski definition) is 2. The van der Waals surface area contributed by atoms with Gasteiger partial charge in [-0.05, 0) is 38.6 Å². The molecule has 1 amide bonds. The monoisotopic (exact) mass is 250 g/mol. The quantitative estimate of drug-likeness (QED) is 0.692. The van der Waals surface area contributed by atoms with Crippen molar-refractivity contribution in [2.75, 3.05) is 26.2 Å². The van der Waals surface area contributed by atoms with Gasteiger partial charge in [0, 0.05) is 6.54 Å². The van der Waals surface area contributed by atoms with Crippen molar-refractivity contribution < 1.29 is 9.53 Å². The fraction of sp³-hybridized carbons (Fsp3) is 0.500. The number of hydrogen-bond acceptors (Lipinski definition) is 3. The molecule has 0 radical (unpaired) electrons. The van der Waals surface area contributed by atoms with Gasteiger partial charge < -0.3 is 15.4 Å². The van der Waals surface area contributed by atoms with Crippen LogP contribution in [0.15, 0.2) is 24.3 Å². The molecular weight excluding hydrogens is 228 g/mol. The lowest BCUT2D eigenvalue weighted by atomic mass is 10.2. The number of nitrogens with one attached hydrogen (secondary N) is 2. The molecule has 4 nitrogen and oxygen atoms in total. The van der Waals surface area contributed by atoms with Crippen LogP contribution in [-0.2, 0) is 0 Å². The van der Waals surface area contributed by atoms with Gasteiger partial charge in [-0.3, -0.25) is 4.79 Å². The minimum atomic E-state index is -0.0736. The van der Waals surface area contributed by atoms with Crippen LogP contribution < -0.4 is 15.4 Å². The van der Waals surface area contributed by atoms with Crippen LogP contribution in [0, 0.1) is 0 Å². The van der Waals surface area contributed by atoms with E-state index in [1.165, 1.54) is 0 Å². The largest absolute Gasteiger partial charge is 0.493 e. The molecule has 4 heteroatoms. The van der Waals surface area contributed by atoms with Gasteiger partial charge in [-0.25, -0.2) is 0 Å². The molecule has 0 fully saturated rings. The van der Waals surface area contributed by atoms with E-state index in [1.807, 2.05) is 25.1 Å². The number of amides is 1. The minimum absolute atomic E-state index is 0.0736. The van der Waals surface area contributed by atoms with Crippen molar-refractivity contribution in [3.63, 3.8) is 0 Å². The lowest BCUT2D eigenvalue weighted by molar-refractivity contribution is 0.0949. The summed E-state index contributed by atoms with van der Waals surface area (Å²) in [5, 5.41) is 6.12. The molecule has 0 aliphatic heterocycles. The molecule has 1 aromatic carbocycles. The summed E-state index contributed by atoms with van der Waals surface area (Å²) < 4.78 is 5.43. The maximum atomic E-state index is 12.0. The lowest BCUT2D eigenvalue weighted by Gasteiger charge is -2.10. The predicted molar refractivity (Wildman–Crippen MR) is 73.1 cm³/mol. The summed E-state index contributed by atoms with van der Waals surface area (Å²) in [6, 6.07) is 7.31. The minimum Gasteiger partial charge on any atom is -0.493 e. The smallest absolute Gasteiger partial charge is 0.255 e. The van der Waals surface area contributed by atoms with Crippen LogP contribution in [-0.4, -0.2) is 32.1 Å². The van der Waals surface area contributed by atoms with Gasteiger partial charge in [0.05, 0.1) is 12.2 Å². The van der Waals surface area contributed by atoms with E-state index in [2.05, 4.69) is 17.6 Å². The van der Waals surface area contributed by atoms with Crippen molar-refractivity contribution >= 4 is 5.91 Å². The summed E-state index contributed by atoms with van der Waals surface area (Å²) in [7, 11) is 0. The molecule has 100 valence electrons. The summed E-state index contributed by atoms with van der Waals surface area (Å²) in [6.07, 6.45) is 0.927. The SMILES string of the molecule is CCNCCCNC(=O)c1ccccc1OCC. The Hall–Kier alpha value is -1.55. The number of para-hydroxylation sites is 1. The summed E-state index contributed by atoms with van der Waals surface area (Å²) in [5.41, 5.74) is 0.600. The molecule has 0 saturated carbocycles. The zero-order chi connectivity index (χ0) is 13.2. The highest BCUT2D eigenvalue weighted by Gasteiger charge is 2.10. The van der Waals surface area contributed by atoms with Crippen LogP contribution in [0.5, 0.6) is 5.75 Å². The third-order valence-electron chi connectivity index (χ3n) is 2.50. The molecule has 2 N–H and O–H groups in total. The average Bonchev–Trinajstić information content (AvgIpc) is 2.39. The van der Waals surface area contributed by atoms with Crippen LogP contribution in [0.1, 0.15) is 30.6 Å². The van der Waals surface area contributed by atoms with Gasteiger partial charge in [-0.1, -0.05) is 19.1 Å². The Balaban J connectivity index is 2.45. The highest BCUT2D eigenvalue weighted by molar-refractivity contribution is 5.96. The molecule has 0 spiro atoms. The zero-order valence-corrected chi connectivity index (χ0v) is 11.2. The molecule has 0 unspecified atom stereocenters. The first-order valence-electron chi connectivity index (χ1n) is 6.50. The molecule has 1 rings (SSSR count). The van der Waals surface area contributed by atoms with Crippen LogP contribution in [0.2, 0.25) is 0 Å². The fourth-order valence-electron chi connectivity index (χ4n) is 1.62. The summed E-state index contributed by atoms with van der Waals surface area (Å²) >= 11 is 0. The van der Waals surface area contributed by atoms with Crippen LogP contribution in [0.4, 0.5) is 0 Å². The standard InChI is InChI=1S/C14H22N2O2/c1-3-15-10-7-11-16-14(17)12-8-5-6-9-13(12)18-4-2/h5-6,8-9,15H,3-4,7,10-11H2,1-2H3,(H,16,17). The van der Waals surface area contributed by atoms with Gasteiger partial charge in [0.15, 0.2) is 0 Å². The highest BCUT2D eigenvalue weighted by atomic mass is 16.5. The normalized spacial score (nSPS) is 10.1. The van der Waals surface area contributed by atoms with Gasteiger partial charge in [0.25, 0.3) is 5.91 Å². The number of carbonyl (C=O) groups is 1. The van der Waals surface area contributed by atoms with Crippen molar-refractivity contribution in [2.45, 2.75) is 20.3 Å². The van der Waals surface area contributed by atoms with Crippen molar-refractivity contribution in [2.24, 2.45) is 0 Å². The molecule has 0 saturated heterocycles. The maximum absolute atomic E-state index is 12.0. The number of rotatable bonds is 8. The first-order valence-corrected chi connectivity index (χ1v) is 6.50. The van der Waals surface area contributed by atoms with E-state index < -0.39 is 0 Å². The Labute approximate surface area is 109 Å². The first-order chi connectivity index (χ1) is 8.79. The van der Waals surface area contributed by atoms with Crippen LogP contribution in [0.3, 0.4) is 0 Å². The van der Waals surface area contributed by atoms with Crippen molar-refractivity contribution in [3.8, 4) is 5.75 Å². The molecule has 1 aromatic rings. The van der Waals surface area contributed by atoms with Crippen molar-refractivity contribution in [1.29, 1.82) is 0 Å². The van der Waals surface area contributed by atoms with E-state index >= 15 is 0 Å². The van der Waals surface area contributed by atoms with Crippen LogP contribution in [0.25, 0.3) is 0 Å². The van der Waals surface area contributed by atoms with Crippen LogP contribution >= 0.6 is 0 Å². The van der Waals surface area contributed by atoms with Gasteiger partial charge in [-0.15, -0.1) is 0 Å². The Morgan fingerprint density at radius 3 is 2.72 bits per heavy atom. The number of ether oxygens (including phenoxy) is 1. The second kappa shape index (κ2) is 8.53. The lowest BCUT2D eigenvalue weighted by Crippen LogP contribution is -2.27. The van der Waals surface area contributed by atoms with Crippen molar-refractivity contribution in [1.82, 2.24) is 10.6 Å². The number of benzene rings is 1. The Morgan fingerprint density at radius 1 is 1.22 bits per heavy atom. The Bertz CT molecular complexity index is 367. The summed E-state index contributed by atoms with van der Waals surface area (Å²) in [4.78, 5) is 12.0. The number of carbonyl (C=O) groups excluding carboxylic acids is 1. The molecule has 0 aliphatic rings. The molecule has 0 aromatic heterocycles. The van der Waals surface area contributed by atoms with E-state index in [1.54, 1.807) is 6.07 Å². The van der Waals surface area contributed by atoms with Gasteiger partial charge >= 0.3 is 0 Å². The Kier molecular flexibility index (Phi) is 6.87. The molecule has 0 atom stereocenters. The van der Waals surface area contributed by atoms with E-state index in [9.17, 15) is 4.79 Å². The summed E-state index contributed by atoms with van der Waals surface area (Å²) in [6.45, 7) is 7.09. The van der Waals surface area contributed by atoms with E-state index in [0.717, 1.165) is 19.5 Å². The molecule has 0 heterocycles. The molecular formula is C14H22N2O2. The zero-order valence-electron chi connectivity index (χ0n) is 11.2. The third kappa shape index (κ3) is 4.75. The maximum Gasteiger partial charge on any atom is 0.255 e. The Morgan fingerprint density at radius 2 is 2.00 bits per heavy atom. The first kappa shape index (κ1) is 14.5. The van der Waals surface area contributed by atoms with E-state index in [4.69, 9.17) is 4.74 Å². The fourth-order valence-corrected chi connectivity index (χ4v) is 1.62. The van der Waals surface area contributed by atoms with Gasteiger partial charge in [-0.2, -0.15) is 0 Å². The van der Waals surface area contributed by atoms with E-state index in [-0.39, 0.29) is 5.91 Å². The topological polar surface area (TPSA) is 50.4 Å². The molecule has 18 heavy (non-hydrogen) atoms. The van der Waals surface area contributed by atoms with Gasteiger partial charge in [0.2, 0.25) is 0 Å². The van der Waals surface area contributed by atoms with Gasteiger partial charge in [0.1, 0.15) is 5.75 Å². The highest BCUT2D eigenvalue weighted by Crippen LogP contribution is 2.17. The predicted octanol–water partition coefficient (Wildman–Crippen LogP) is 1.81. The molecule has 0 aliphatic carbocycles. The second-order valence-corrected chi connectivity index (χ2v) is 3.89. The summed E-state index contributed by atoms with van der Waals surface area (Å²) in [5.74, 6) is 0.569. The van der Waals surface area contributed by atoms with E-state index in [0.29, 0.717) is 24.5 Å². The average molecular weight is 250 g/mol. The van der Waals surface area contributed by atoms with Crippen molar-refractivity contribution in [3.05, 3.63) is 29.8 Å². The molecule has 0 bridgehead atoms.